The molecule has 2 aliphatic rings. The van der Waals surface area contributed by atoms with Crippen molar-refractivity contribution in [3.8, 4) is 0 Å². The lowest BCUT2D eigenvalue weighted by atomic mass is 9.85. The topological polar surface area (TPSA) is 73.4 Å². The third-order valence-electron chi connectivity index (χ3n) is 6.52. The van der Waals surface area contributed by atoms with Gasteiger partial charge in [0.15, 0.2) is 23.3 Å². The average molecular weight is 463 g/mol. The number of hydrogen-bond donors (Lipinski definition) is 2. The molecule has 0 spiro atoms. The van der Waals surface area contributed by atoms with Crippen LogP contribution in [-0.4, -0.2) is 53.0 Å². The number of aryl methyl sites for hydroxylation is 1. The number of rotatable bonds is 6. The minimum Gasteiger partial charge on any atom is -0.351 e. The number of hydrogen-bond acceptors (Lipinski definition) is 6. The molecule has 33 heavy (non-hydrogen) atoms. The monoisotopic (exact) mass is 462 g/mol. The zero-order valence-electron chi connectivity index (χ0n) is 19.4. The lowest BCUT2D eigenvalue weighted by Crippen LogP contribution is -2.50. The highest BCUT2D eigenvalue weighted by Gasteiger charge is 2.36. The van der Waals surface area contributed by atoms with E-state index in [0.717, 1.165) is 25.0 Å². The number of benzene rings is 1. The molecule has 7 nitrogen and oxygen atoms in total. The summed E-state index contributed by atoms with van der Waals surface area (Å²) in [7, 11) is 3.75. The van der Waals surface area contributed by atoms with E-state index in [0.29, 0.717) is 35.3 Å². The summed E-state index contributed by atoms with van der Waals surface area (Å²) in [6.45, 7) is 6.16. The second-order valence-electron chi connectivity index (χ2n) is 9.38. The van der Waals surface area contributed by atoms with Crippen molar-refractivity contribution in [3.63, 3.8) is 0 Å². The van der Waals surface area contributed by atoms with Crippen molar-refractivity contribution in [3.05, 3.63) is 40.8 Å². The first kappa shape index (κ1) is 23.3. The molecule has 178 valence electrons. The van der Waals surface area contributed by atoms with Gasteiger partial charge >= 0.3 is 0 Å². The second kappa shape index (κ2) is 8.81. The Morgan fingerprint density at radius 2 is 1.85 bits per heavy atom. The predicted octanol–water partition coefficient (Wildman–Crippen LogP) is 3.69. The van der Waals surface area contributed by atoms with E-state index in [2.05, 4.69) is 20.6 Å². The third-order valence-corrected chi connectivity index (χ3v) is 6.52. The van der Waals surface area contributed by atoms with Crippen molar-refractivity contribution in [1.29, 1.82) is 0 Å². The van der Waals surface area contributed by atoms with Gasteiger partial charge in [-0.3, -0.25) is 9.69 Å². The van der Waals surface area contributed by atoms with Crippen LogP contribution in [0.25, 0.3) is 0 Å². The SMILES string of the molecule is Cc1nc(N[C@H]2C[C@H](N(C)Cc3cc(F)c(F)c(F)c3)C2)nc2c1NC(=O)C(C(C)C)N2C. The van der Waals surface area contributed by atoms with Gasteiger partial charge < -0.3 is 15.5 Å². The van der Waals surface area contributed by atoms with Crippen molar-refractivity contribution in [2.75, 3.05) is 29.6 Å². The zero-order valence-corrected chi connectivity index (χ0v) is 19.4. The van der Waals surface area contributed by atoms with Crippen LogP contribution in [0.3, 0.4) is 0 Å². The number of nitrogens with one attached hydrogen (secondary N) is 2. The number of likely N-dealkylation sites (N-methyl/N-ethyl adjacent to an activating group) is 1. The van der Waals surface area contributed by atoms with Crippen LogP contribution in [0, 0.1) is 30.3 Å². The molecular formula is C23H29F3N6O. The first-order valence-corrected chi connectivity index (χ1v) is 11.1. The smallest absolute Gasteiger partial charge is 0.247 e. The van der Waals surface area contributed by atoms with E-state index >= 15 is 0 Å². The predicted molar refractivity (Wildman–Crippen MR) is 121 cm³/mol. The number of nitrogens with zero attached hydrogens (tertiary/aromatic N) is 4. The number of aromatic nitrogens is 2. The third kappa shape index (κ3) is 4.48. The number of halogens is 3. The Labute approximate surface area is 191 Å². The molecule has 2 N–H and O–H groups in total. The molecule has 1 fully saturated rings. The molecule has 0 radical (unpaired) electrons. The Kier molecular flexibility index (Phi) is 6.22. The Morgan fingerprint density at radius 3 is 2.45 bits per heavy atom. The van der Waals surface area contributed by atoms with Gasteiger partial charge in [-0.2, -0.15) is 4.98 Å². The molecule has 0 bridgehead atoms. The summed E-state index contributed by atoms with van der Waals surface area (Å²) in [5.41, 5.74) is 1.72. The van der Waals surface area contributed by atoms with Gasteiger partial charge in [0.1, 0.15) is 11.7 Å². The van der Waals surface area contributed by atoms with Crippen LogP contribution in [0.15, 0.2) is 12.1 Å². The van der Waals surface area contributed by atoms with Crippen molar-refractivity contribution >= 4 is 23.4 Å². The van der Waals surface area contributed by atoms with Crippen LogP contribution in [-0.2, 0) is 11.3 Å². The minimum atomic E-state index is -1.44. The van der Waals surface area contributed by atoms with E-state index in [9.17, 15) is 18.0 Å². The van der Waals surface area contributed by atoms with E-state index in [4.69, 9.17) is 0 Å². The van der Waals surface area contributed by atoms with Crippen molar-refractivity contribution < 1.29 is 18.0 Å². The van der Waals surface area contributed by atoms with Gasteiger partial charge in [0.25, 0.3) is 0 Å². The molecule has 1 atom stereocenters. The number of amides is 1. The second-order valence-corrected chi connectivity index (χ2v) is 9.38. The van der Waals surface area contributed by atoms with Crippen LogP contribution < -0.4 is 15.5 Å². The average Bonchev–Trinajstić information content (AvgIpc) is 2.69. The molecule has 1 aromatic heterocycles. The molecule has 1 aliphatic carbocycles. The van der Waals surface area contributed by atoms with Gasteiger partial charge in [0.05, 0.1) is 5.69 Å². The fourth-order valence-electron chi connectivity index (χ4n) is 4.64. The molecule has 0 saturated heterocycles. The van der Waals surface area contributed by atoms with Crippen molar-refractivity contribution in [2.24, 2.45) is 5.92 Å². The van der Waals surface area contributed by atoms with Crippen LogP contribution in [0.1, 0.15) is 37.9 Å². The van der Waals surface area contributed by atoms with Crippen LogP contribution in [0.2, 0.25) is 0 Å². The first-order chi connectivity index (χ1) is 15.5. The largest absolute Gasteiger partial charge is 0.351 e. The number of carbonyl (C=O) groups excluding carboxylic acids is 1. The summed E-state index contributed by atoms with van der Waals surface area (Å²) < 4.78 is 40.1. The van der Waals surface area contributed by atoms with E-state index < -0.39 is 17.5 Å². The maximum absolute atomic E-state index is 13.5. The van der Waals surface area contributed by atoms with Crippen LogP contribution in [0.4, 0.5) is 30.6 Å². The molecule has 1 aromatic carbocycles. The van der Waals surface area contributed by atoms with E-state index in [1.165, 1.54) is 0 Å². The van der Waals surface area contributed by atoms with Crippen LogP contribution >= 0.6 is 0 Å². The van der Waals surface area contributed by atoms with Crippen LogP contribution in [0.5, 0.6) is 0 Å². The molecule has 1 saturated carbocycles. The highest BCUT2D eigenvalue weighted by Crippen LogP contribution is 2.35. The normalized spacial score (nSPS) is 22.3. The standard InChI is InChI=1S/C23H29F3N6O/c1-11(2)20-22(33)29-19-12(3)27-23(30-21(19)32(20)5)28-14-8-15(9-14)31(4)10-13-6-16(24)18(26)17(25)7-13/h6-7,11,14-15,20H,8-10H2,1-5H3,(H,29,33)(H,27,28,30)/t14-,15-,20?. The highest BCUT2D eigenvalue weighted by atomic mass is 19.2. The van der Waals surface area contributed by atoms with E-state index in [1.54, 1.807) is 0 Å². The molecule has 4 rings (SSSR count). The number of carbonyl (C=O) groups is 1. The van der Waals surface area contributed by atoms with Gasteiger partial charge in [-0.1, -0.05) is 13.8 Å². The van der Waals surface area contributed by atoms with E-state index in [1.807, 2.05) is 44.7 Å². The Bertz CT molecular complexity index is 1050. The summed E-state index contributed by atoms with van der Waals surface area (Å²) in [6.07, 6.45) is 1.62. The molecule has 2 heterocycles. The fraction of sp³-hybridized carbons (Fsp3) is 0.522. The van der Waals surface area contributed by atoms with Gasteiger partial charge in [0, 0.05) is 25.7 Å². The number of fused-ring (bicyclic) bond motifs is 1. The molecule has 1 aliphatic heterocycles. The molecular weight excluding hydrogens is 433 g/mol. The Balaban J connectivity index is 1.39. The summed E-state index contributed by atoms with van der Waals surface area (Å²) in [6, 6.07) is 2.13. The Hall–Kier alpha value is -2.88. The van der Waals surface area contributed by atoms with Crippen molar-refractivity contribution in [2.45, 2.75) is 58.3 Å². The van der Waals surface area contributed by atoms with Gasteiger partial charge in [-0.25, -0.2) is 18.2 Å². The van der Waals surface area contributed by atoms with Gasteiger partial charge in [-0.05, 0) is 50.4 Å². The Morgan fingerprint density at radius 1 is 1.21 bits per heavy atom. The van der Waals surface area contributed by atoms with Gasteiger partial charge in [0.2, 0.25) is 11.9 Å². The zero-order chi connectivity index (χ0) is 24.0. The lowest BCUT2D eigenvalue weighted by Gasteiger charge is -2.42. The van der Waals surface area contributed by atoms with Crippen molar-refractivity contribution in [1.82, 2.24) is 14.9 Å². The quantitative estimate of drug-likeness (QED) is 0.638. The molecule has 10 heteroatoms. The maximum Gasteiger partial charge on any atom is 0.247 e. The maximum atomic E-state index is 13.5. The first-order valence-electron chi connectivity index (χ1n) is 11.1. The summed E-state index contributed by atoms with van der Waals surface area (Å²) in [4.78, 5) is 25.6. The van der Waals surface area contributed by atoms with Gasteiger partial charge in [-0.15, -0.1) is 0 Å². The van der Waals surface area contributed by atoms with E-state index in [-0.39, 0.29) is 30.0 Å². The minimum absolute atomic E-state index is 0.0572. The summed E-state index contributed by atoms with van der Waals surface area (Å²) >= 11 is 0. The number of anilines is 3. The summed E-state index contributed by atoms with van der Waals surface area (Å²) in [5, 5.41) is 6.30. The lowest BCUT2D eigenvalue weighted by molar-refractivity contribution is -0.118. The highest BCUT2D eigenvalue weighted by molar-refractivity contribution is 6.03. The molecule has 2 aromatic rings. The fourth-order valence-corrected chi connectivity index (χ4v) is 4.64. The summed E-state index contributed by atoms with van der Waals surface area (Å²) in [5.74, 6) is -2.53. The molecule has 1 amide bonds. The molecule has 1 unspecified atom stereocenters.